The summed E-state index contributed by atoms with van der Waals surface area (Å²) in [5.41, 5.74) is 3.82. The van der Waals surface area contributed by atoms with E-state index in [2.05, 4.69) is 16.9 Å². The molecule has 1 N–H and O–H groups in total. The van der Waals surface area contributed by atoms with Gasteiger partial charge >= 0.3 is 0 Å². The lowest BCUT2D eigenvalue weighted by Crippen LogP contribution is -2.52. The number of fused-ring (bicyclic) bond motifs is 1. The predicted molar refractivity (Wildman–Crippen MR) is 88.5 cm³/mol. The molecule has 2 heterocycles. The first-order valence-electron chi connectivity index (χ1n) is 7.87. The number of hydrazine groups is 1. The Morgan fingerprint density at radius 3 is 2.50 bits per heavy atom. The fourth-order valence-electron chi connectivity index (χ4n) is 2.85. The van der Waals surface area contributed by atoms with Crippen LogP contribution in [-0.4, -0.2) is 72.3 Å². The molecule has 1 aromatic rings. The maximum atomic E-state index is 12.4. The van der Waals surface area contributed by atoms with Crippen LogP contribution in [0.4, 0.5) is 0 Å². The lowest BCUT2D eigenvalue weighted by Gasteiger charge is -2.32. The molecule has 126 valence electrons. The standard InChI is InChI=1S/C17H20N4O3/c1-3-6-21-16(23)13-5-4-12(11-14(13)17(21)24)15(22)18-20-9-7-19(2)8-10-20/h3-5,11H,1,6-10H2,2H3,(H,18,22). The van der Waals surface area contributed by atoms with Crippen LogP contribution in [0.5, 0.6) is 0 Å². The second-order valence-electron chi connectivity index (χ2n) is 6.00. The number of carbonyl (C=O) groups excluding carboxylic acids is 3. The molecule has 24 heavy (non-hydrogen) atoms. The number of benzene rings is 1. The van der Waals surface area contributed by atoms with E-state index in [1.54, 1.807) is 6.07 Å². The Morgan fingerprint density at radius 2 is 1.83 bits per heavy atom. The highest BCUT2D eigenvalue weighted by Gasteiger charge is 2.35. The van der Waals surface area contributed by atoms with Crippen molar-refractivity contribution in [3.05, 3.63) is 47.5 Å². The van der Waals surface area contributed by atoms with Crippen molar-refractivity contribution in [3.8, 4) is 0 Å². The summed E-state index contributed by atoms with van der Waals surface area (Å²) in [5, 5.41) is 1.87. The van der Waals surface area contributed by atoms with Crippen molar-refractivity contribution in [2.45, 2.75) is 0 Å². The summed E-state index contributed by atoms with van der Waals surface area (Å²) in [5.74, 6) is -1.00. The molecule has 0 unspecified atom stereocenters. The van der Waals surface area contributed by atoms with Gasteiger partial charge in [-0.05, 0) is 25.2 Å². The number of carbonyl (C=O) groups is 3. The number of piperazine rings is 1. The van der Waals surface area contributed by atoms with Gasteiger partial charge in [0.05, 0.1) is 11.1 Å². The summed E-state index contributed by atoms with van der Waals surface area (Å²) in [4.78, 5) is 40.2. The summed E-state index contributed by atoms with van der Waals surface area (Å²) in [7, 11) is 2.04. The molecule has 3 rings (SSSR count). The average Bonchev–Trinajstić information content (AvgIpc) is 2.82. The Labute approximate surface area is 140 Å². The summed E-state index contributed by atoms with van der Waals surface area (Å²) < 4.78 is 0. The molecule has 0 bridgehead atoms. The van der Waals surface area contributed by atoms with Gasteiger partial charge in [-0.25, -0.2) is 5.01 Å². The van der Waals surface area contributed by atoms with Crippen LogP contribution in [0.15, 0.2) is 30.9 Å². The van der Waals surface area contributed by atoms with E-state index < -0.39 is 0 Å². The normalized spacial score (nSPS) is 18.6. The van der Waals surface area contributed by atoms with Crippen LogP contribution in [0.25, 0.3) is 0 Å². The Balaban J connectivity index is 1.75. The van der Waals surface area contributed by atoms with Crippen molar-refractivity contribution >= 4 is 17.7 Å². The number of hydrogen-bond donors (Lipinski definition) is 1. The molecule has 0 saturated carbocycles. The van der Waals surface area contributed by atoms with Crippen LogP contribution in [0.3, 0.4) is 0 Å². The minimum Gasteiger partial charge on any atom is -0.304 e. The van der Waals surface area contributed by atoms with Gasteiger partial charge in [-0.2, -0.15) is 0 Å². The minimum absolute atomic E-state index is 0.162. The van der Waals surface area contributed by atoms with Crippen LogP contribution < -0.4 is 5.43 Å². The third kappa shape index (κ3) is 2.95. The summed E-state index contributed by atoms with van der Waals surface area (Å²) in [6, 6.07) is 4.61. The Morgan fingerprint density at radius 1 is 1.17 bits per heavy atom. The average molecular weight is 328 g/mol. The van der Waals surface area contributed by atoms with E-state index in [9.17, 15) is 14.4 Å². The number of nitrogens with zero attached hydrogens (tertiary/aromatic N) is 3. The SMILES string of the molecule is C=CCN1C(=O)c2ccc(C(=O)NN3CCN(C)CC3)cc2C1=O. The highest BCUT2D eigenvalue weighted by molar-refractivity contribution is 6.22. The highest BCUT2D eigenvalue weighted by Crippen LogP contribution is 2.24. The molecule has 3 amide bonds. The van der Waals surface area contributed by atoms with Gasteiger partial charge in [0.2, 0.25) is 0 Å². The zero-order valence-corrected chi connectivity index (χ0v) is 13.6. The number of hydrogen-bond acceptors (Lipinski definition) is 5. The van der Waals surface area contributed by atoms with Gasteiger partial charge in [-0.3, -0.25) is 24.7 Å². The van der Waals surface area contributed by atoms with Crippen molar-refractivity contribution in [2.75, 3.05) is 39.8 Å². The fraction of sp³-hybridized carbons (Fsp3) is 0.353. The lowest BCUT2D eigenvalue weighted by molar-refractivity contribution is 0.0659. The van der Waals surface area contributed by atoms with Gasteiger partial charge in [0.15, 0.2) is 0 Å². The van der Waals surface area contributed by atoms with E-state index in [1.807, 2.05) is 12.1 Å². The number of amides is 3. The molecule has 1 fully saturated rings. The molecular formula is C17H20N4O3. The molecule has 0 atom stereocenters. The quantitative estimate of drug-likeness (QED) is 0.638. The van der Waals surface area contributed by atoms with Gasteiger partial charge in [0, 0.05) is 38.3 Å². The van der Waals surface area contributed by atoms with Crippen LogP contribution in [-0.2, 0) is 0 Å². The van der Waals surface area contributed by atoms with Crippen molar-refractivity contribution in [3.63, 3.8) is 0 Å². The van der Waals surface area contributed by atoms with E-state index in [0.29, 0.717) is 11.1 Å². The van der Waals surface area contributed by atoms with Crippen LogP contribution >= 0.6 is 0 Å². The molecule has 2 aliphatic heterocycles. The maximum absolute atomic E-state index is 12.4. The van der Waals surface area contributed by atoms with Crippen LogP contribution in [0, 0.1) is 0 Å². The maximum Gasteiger partial charge on any atom is 0.265 e. The van der Waals surface area contributed by atoms with Crippen molar-refractivity contribution in [1.82, 2.24) is 20.2 Å². The van der Waals surface area contributed by atoms with Crippen molar-refractivity contribution < 1.29 is 14.4 Å². The van der Waals surface area contributed by atoms with Gasteiger partial charge in [0.25, 0.3) is 17.7 Å². The summed E-state index contributed by atoms with van der Waals surface area (Å²) >= 11 is 0. The number of likely N-dealkylation sites (N-methyl/N-ethyl adjacent to an activating group) is 1. The first kappa shape index (κ1) is 16.4. The van der Waals surface area contributed by atoms with Crippen LogP contribution in [0.2, 0.25) is 0 Å². The summed E-state index contributed by atoms with van der Waals surface area (Å²) in [6.07, 6.45) is 1.50. The molecule has 0 aliphatic carbocycles. The Kier molecular flexibility index (Phi) is 4.46. The lowest BCUT2D eigenvalue weighted by atomic mass is 10.1. The molecule has 7 nitrogen and oxygen atoms in total. The molecule has 0 spiro atoms. The van der Waals surface area contributed by atoms with E-state index in [0.717, 1.165) is 31.1 Å². The topological polar surface area (TPSA) is 73.0 Å². The fourth-order valence-corrected chi connectivity index (χ4v) is 2.85. The number of nitrogens with one attached hydrogen (secondary N) is 1. The van der Waals surface area contributed by atoms with Gasteiger partial charge in [0.1, 0.15) is 0 Å². The first-order chi connectivity index (χ1) is 11.5. The predicted octanol–water partition coefficient (Wildman–Crippen LogP) is 0.361. The van der Waals surface area contributed by atoms with Crippen LogP contribution in [0.1, 0.15) is 31.1 Å². The second kappa shape index (κ2) is 6.54. The monoisotopic (exact) mass is 328 g/mol. The number of imide groups is 1. The van der Waals surface area contributed by atoms with Gasteiger partial charge < -0.3 is 4.90 Å². The third-order valence-electron chi connectivity index (χ3n) is 4.31. The molecule has 2 aliphatic rings. The Bertz CT molecular complexity index is 708. The van der Waals surface area contributed by atoms with Gasteiger partial charge in [-0.15, -0.1) is 6.58 Å². The highest BCUT2D eigenvalue weighted by atomic mass is 16.2. The summed E-state index contributed by atoms with van der Waals surface area (Å²) in [6.45, 7) is 6.98. The minimum atomic E-state index is -0.385. The third-order valence-corrected chi connectivity index (χ3v) is 4.31. The zero-order valence-electron chi connectivity index (χ0n) is 13.6. The molecule has 0 radical (unpaired) electrons. The molecule has 7 heteroatoms. The van der Waals surface area contributed by atoms with E-state index >= 15 is 0 Å². The largest absolute Gasteiger partial charge is 0.304 e. The molecule has 0 aromatic heterocycles. The zero-order chi connectivity index (χ0) is 17.3. The second-order valence-corrected chi connectivity index (χ2v) is 6.00. The Hall–Kier alpha value is -2.51. The smallest absolute Gasteiger partial charge is 0.265 e. The van der Waals surface area contributed by atoms with Crippen molar-refractivity contribution in [1.29, 1.82) is 0 Å². The van der Waals surface area contributed by atoms with Crippen molar-refractivity contribution in [2.24, 2.45) is 0 Å². The first-order valence-corrected chi connectivity index (χ1v) is 7.87. The molecule has 1 saturated heterocycles. The molecule has 1 aromatic carbocycles. The van der Waals surface area contributed by atoms with Gasteiger partial charge in [-0.1, -0.05) is 6.08 Å². The molecular weight excluding hydrogens is 308 g/mol. The van der Waals surface area contributed by atoms with E-state index in [1.165, 1.54) is 18.2 Å². The van der Waals surface area contributed by atoms with E-state index in [4.69, 9.17) is 0 Å². The number of rotatable bonds is 4. The van der Waals surface area contributed by atoms with E-state index in [-0.39, 0.29) is 29.8 Å².